The number of nitro benzene ring substituents is 1. The standard InChI is InChI=1S/C14H11ClN2O4/c15-12-4-2-1-3-9(12)8-16-13-6-5-10(17(20)21)7-11(13)14(18)19/h1-7,16H,8H2,(H,18,19). The Labute approximate surface area is 125 Å². The molecular weight excluding hydrogens is 296 g/mol. The predicted octanol–water partition coefficient (Wildman–Crippen LogP) is 3.56. The van der Waals surface area contributed by atoms with Crippen LogP contribution in [0.3, 0.4) is 0 Å². The van der Waals surface area contributed by atoms with Crippen LogP contribution in [0.5, 0.6) is 0 Å². The largest absolute Gasteiger partial charge is 0.478 e. The van der Waals surface area contributed by atoms with Gasteiger partial charge >= 0.3 is 5.97 Å². The van der Waals surface area contributed by atoms with Crippen molar-refractivity contribution in [3.63, 3.8) is 0 Å². The van der Waals surface area contributed by atoms with Gasteiger partial charge in [-0.15, -0.1) is 0 Å². The van der Waals surface area contributed by atoms with Crippen LogP contribution in [0.4, 0.5) is 11.4 Å². The summed E-state index contributed by atoms with van der Waals surface area (Å²) in [6.07, 6.45) is 0. The molecule has 0 radical (unpaired) electrons. The van der Waals surface area contributed by atoms with Crippen LogP contribution >= 0.6 is 11.6 Å². The zero-order valence-corrected chi connectivity index (χ0v) is 11.5. The molecule has 7 heteroatoms. The molecule has 6 nitrogen and oxygen atoms in total. The highest BCUT2D eigenvalue weighted by atomic mass is 35.5. The van der Waals surface area contributed by atoms with Crippen LogP contribution in [0.15, 0.2) is 42.5 Å². The van der Waals surface area contributed by atoms with Gasteiger partial charge in [0.1, 0.15) is 0 Å². The molecule has 0 fully saturated rings. The van der Waals surface area contributed by atoms with E-state index in [1.165, 1.54) is 12.1 Å². The van der Waals surface area contributed by atoms with Crippen LogP contribution in [0, 0.1) is 10.1 Å². The third kappa shape index (κ3) is 3.49. The van der Waals surface area contributed by atoms with Crippen LogP contribution in [-0.2, 0) is 6.54 Å². The van der Waals surface area contributed by atoms with Crippen molar-refractivity contribution in [2.45, 2.75) is 6.54 Å². The Balaban J connectivity index is 2.26. The Morgan fingerprint density at radius 2 is 2.00 bits per heavy atom. The molecule has 0 amide bonds. The summed E-state index contributed by atoms with van der Waals surface area (Å²) in [5, 5.41) is 23.3. The van der Waals surface area contributed by atoms with Crippen LogP contribution in [0.2, 0.25) is 5.02 Å². The third-order valence-electron chi connectivity index (χ3n) is 2.87. The highest BCUT2D eigenvalue weighted by Gasteiger charge is 2.16. The molecule has 0 aliphatic rings. The van der Waals surface area contributed by atoms with Crippen molar-refractivity contribution < 1.29 is 14.8 Å². The maximum atomic E-state index is 11.2. The van der Waals surface area contributed by atoms with E-state index in [0.717, 1.165) is 11.6 Å². The van der Waals surface area contributed by atoms with Gasteiger partial charge in [-0.1, -0.05) is 29.8 Å². The van der Waals surface area contributed by atoms with Gasteiger partial charge in [0.15, 0.2) is 0 Å². The summed E-state index contributed by atoms with van der Waals surface area (Å²) in [4.78, 5) is 21.2. The van der Waals surface area contributed by atoms with Crippen molar-refractivity contribution in [1.82, 2.24) is 0 Å². The normalized spacial score (nSPS) is 10.1. The third-order valence-corrected chi connectivity index (χ3v) is 3.24. The van der Waals surface area contributed by atoms with Gasteiger partial charge in [-0.25, -0.2) is 4.79 Å². The summed E-state index contributed by atoms with van der Waals surface area (Å²) in [7, 11) is 0. The van der Waals surface area contributed by atoms with Crippen LogP contribution in [0.1, 0.15) is 15.9 Å². The van der Waals surface area contributed by atoms with Gasteiger partial charge in [0.25, 0.3) is 5.69 Å². The smallest absolute Gasteiger partial charge is 0.338 e. The molecule has 0 aliphatic carbocycles. The van der Waals surface area contributed by atoms with Crippen molar-refractivity contribution in [3.8, 4) is 0 Å². The second-order valence-electron chi connectivity index (χ2n) is 4.24. The van der Waals surface area contributed by atoms with E-state index < -0.39 is 10.9 Å². The second-order valence-corrected chi connectivity index (χ2v) is 4.64. The fourth-order valence-electron chi connectivity index (χ4n) is 1.81. The Morgan fingerprint density at radius 3 is 2.62 bits per heavy atom. The van der Waals surface area contributed by atoms with Gasteiger partial charge in [-0.2, -0.15) is 0 Å². The van der Waals surface area contributed by atoms with Crippen LogP contribution in [-0.4, -0.2) is 16.0 Å². The van der Waals surface area contributed by atoms with Crippen LogP contribution < -0.4 is 5.32 Å². The van der Waals surface area contributed by atoms with Crippen molar-refractivity contribution in [2.24, 2.45) is 0 Å². The van der Waals surface area contributed by atoms with Gasteiger partial charge in [0.05, 0.1) is 10.5 Å². The lowest BCUT2D eigenvalue weighted by atomic mass is 10.1. The van der Waals surface area contributed by atoms with E-state index in [1.807, 2.05) is 6.07 Å². The number of hydrogen-bond donors (Lipinski definition) is 2. The number of non-ortho nitro benzene ring substituents is 1. The molecule has 0 saturated heterocycles. The van der Waals surface area contributed by atoms with Gasteiger partial charge in [0, 0.05) is 29.4 Å². The summed E-state index contributed by atoms with van der Waals surface area (Å²) < 4.78 is 0. The molecule has 0 aromatic heterocycles. The van der Waals surface area contributed by atoms with E-state index in [0.29, 0.717) is 17.3 Å². The first-order valence-electron chi connectivity index (χ1n) is 5.98. The monoisotopic (exact) mass is 306 g/mol. The number of aromatic carboxylic acids is 1. The molecular formula is C14H11ClN2O4. The predicted molar refractivity (Wildman–Crippen MR) is 78.8 cm³/mol. The molecule has 2 rings (SSSR count). The number of carbonyl (C=O) groups is 1. The maximum Gasteiger partial charge on any atom is 0.338 e. The topological polar surface area (TPSA) is 92.5 Å². The molecule has 21 heavy (non-hydrogen) atoms. The number of carboxylic acids is 1. The minimum absolute atomic E-state index is 0.156. The van der Waals surface area contributed by atoms with Crippen molar-refractivity contribution >= 4 is 28.9 Å². The SMILES string of the molecule is O=C(O)c1cc([N+](=O)[O-])ccc1NCc1ccccc1Cl. The lowest BCUT2D eigenvalue weighted by Crippen LogP contribution is -2.07. The number of benzene rings is 2. The fraction of sp³-hybridized carbons (Fsp3) is 0.0714. The molecule has 108 valence electrons. The molecule has 2 N–H and O–H groups in total. The fourth-order valence-corrected chi connectivity index (χ4v) is 2.01. The lowest BCUT2D eigenvalue weighted by molar-refractivity contribution is -0.384. The van der Waals surface area contributed by atoms with Gasteiger partial charge in [-0.05, 0) is 17.7 Å². The Hall–Kier alpha value is -2.60. The molecule has 0 aliphatic heterocycles. The second kappa shape index (κ2) is 6.23. The average Bonchev–Trinajstić information content (AvgIpc) is 2.46. The van der Waals surface area contributed by atoms with Crippen molar-refractivity contribution in [2.75, 3.05) is 5.32 Å². The number of carboxylic acid groups (broad SMARTS) is 1. The first-order valence-corrected chi connectivity index (χ1v) is 6.36. The zero-order chi connectivity index (χ0) is 15.4. The average molecular weight is 307 g/mol. The van der Waals surface area contributed by atoms with E-state index >= 15 is 0 Å². The lowest BCUT2D eigenvalue weighted by Gasteiger charge is -2.10. The highest BCUT2D eigenvalue weighted by Crippen LogP contribution is 2.24. The van der Waals surface area contributed by atoms with Gasteiger partial charge in [-0.3, -0.25) is 10.1 Å². The number of nitro groups is 1. The number of halogens is 1. The molecule has 0 saturated carbocycles. The maximum absolute atomic E-state index is 11.2. The first-order chi connectivity index (χ1) is 9.99. The van der Waals surface area contributed by atoms with Gasteiger partial charge in [0.2, 0.25) is 0 Å². The van der Waals surface area contributed by atoms with E-state index in [9.17, 15) is 14.9 Å². The molecule has 2 aromatic rings. The number of nitrogens with zero attached hydrogens (tertiary/aromatic N) is 1. The molecule has 0 spiro atoms. The van der Waals surface area contributed by atoms with Crippen molar-refractivity contribution in [1.29, 1.82) is 0 Å². The van der Waals surface area contributed by atoms with Crippen LogP contribution in [0.25, 0.3) is 0 Å². The Morgan fingerprint density at radius 1 is 1.29 bits per heavy atom. The summed E-state index contributed by atoms with van der Waals surface area (Å²) >= 11 is 6.01. The summed E-state index contributed by atoms with van der Waals surface area (Å²) in [6.45, 7) is 0.317. The Kier molecular flexibility index (Phi) is 4.39. The first kappa shape index (κ1) is 14.8. The number of anilines is 1. The van der Waals surface area contributed by atoms with E-state index in [4.69, 9.17) is 16.7 Å². The van der Waals surface area contributed by atoms with E-state index in [1.54, 1.807) is 18.2 Å². The number of nitrogens with one attached hydrogen (secondary N) is 1. The number of rotatable bonds is 5. The van der Waals surface area contributed by atoms with Gasteiger partial charge < -0.3 is 10.4 Å². The molecule has 2 aromatic carbocycles. The van der Waals surface area contributed by atoms with Crippen molar-refractivity contribution in [3.05, 3.63) is 68.7 Å². The van der Waals surface area contributed by atoms with E-state index in [2.05, 4.69) is 5.32 Å². The molecule has 0 atom stereocenters. The summed E-state index contributed by atoms with van der Waals surface area (Å²) in [5.41, 5.74) is 0.675. The minimum atomic E-state index is -1.24. The molecule has 0 bridgehead atoms. The minimum Gasteiger partial charge on any atom is -0.478 e. The molecule has 0 unspecified atom stereocenters. The van der Waals surface area contributed by atoms with E-state index in [-0.39, 0.29) is 11.3 Å². The zero-order valence-electron chi connectivity index (χ0n) is 10.7. The highest BCUT2D eigenvalue weighted by molar-refractivity contribution is 6.31. The summed E-state index contributed by atoms with van der Waals surface area (Å²) in [5.74, 6) is -1.24. The quantitative estimate of drug-likeness (QED) is 0.651. The number of hydrogen-bond acceptors (Lipinski definition) is 4. The molecule has 0 heterocycles. The summed E-state index contributed by atoms with van der Waals surface area (Å²) in [6, 6.07) is 10.8. The Bertz CT molecular complexity index is 703.